The molecule has 0 aromatic heterocycles. The van der Waals surface area contributed by atoms with E-state index < -0.39 is 5.41 Å². The molecule has 0 fully saturated rings. The van der Waals surface area contributed by atoms with Crippen LogP contribution in [0.4, 0.5) is 0 Å². The van der Waals surface area contributed by atoms with Crippen LogP contribution in [0.5, 0.6) is 0 Å². The van der Waals surface area contributed by atoms with Crippen molar-refractivity contribution < 1.29 is 4.79 Å². The summed E-state index contributed by atoms with van der Waals surface area (Å²) in [6.07, 6.45) is 0. The van der Waals surface area contributed by atoms with E-state index in [-0.39, 0.29) is 17.3 Å². The Morgan fingerprint density at radius 1 is 0.750 bits per heavy atom. The minimum atomic E-state index is -0.479. The summed E-state index contributed by atoms with van der Waals surface area (Å²) in [5, 5.41) is 0. The third-order valence-electron chi connectivity index (χ3n) is 6.03. The standard InChI is InChI=1S/C23H30O/c1-17(2)23(6,20-15-11-8-12-16-20)21(24)18(3)22(4,5)19-13-9-7-10-14-19/h7-18H,1-6H3. The van der Waals surface area contributed by atoms with Crippen molar-refractivity contribution in [3.8, 4) is 0 Å². The molecule has 0 heterocycles. The Morgan fingerprint density at radius 3 is 1.58 bits per heavy atom. The van der Waals surface area contributed by atoms with Gasteiger partial charge in [-0.05, 0) is 29.4 Å². The zero-order valence-corrected chi connectivity index (χ0v) is 15.8. The van der Waals surface area contributed by atoms with Crippen molar-refractivity contribution in [2.75, 3.05) is 0 Å². The molecule has 128 valence electrons. The van der Waals surface area contributed by atoms with Gasteiger partial charge in [0.2, 0.25) is 0 Å². The van der Waals surface area contributed by atoms with Gasteiger partial charge in [-0.1, -0.05) is 95.3 Å². The van der Waals surface area contributed by atoms with E-state index in [1.165, 1.54) is 5.56 Å². The van der Waals surface area contributed by atoms with Crippen molar-refractivity contribution in [3.63, 3.8) is 0 Å². The van der Waals surface area contributed by atoms with Crippen molar-refractivity contribution in [2.45, 2.75) is 52.4 Å². The largest absolute Gasteiger partial charge is 0.298 e. The van der Waals surface area contributed by atoms with Crippen molar-refractivity contribution in [1.82, 2.24) is 0 Å². The summed E-state index contributed by atoms with van der Waals surface area (Å²) in [4.78, 5) is 13.6. The molecular formula is C23H30O. The lowest BCUT2D eigenvalue weighted by Gasteiger charge is -2.40. The van der Waals surface area contributed by atoms with Crippen molar-refractivity contribution in [3.05, 3.63) is 71.8 Å². The highest BCUT2D eigenvalue weighted by Gasteiger charge is 2.45. The minimum absolute atomic E-state index is 0.0764. The summed E-state index contributed by atoms with van der Waals surface area (Å²) in [5.74, 6) is 0.478. The summed E-state index contributed by atoms with van der Waals surface area (Å²) >= 11 is 0. The molecule has 0 N–H and O–H groups in total. The molecule has 0 bridgehead atoms. The van der Waals surface area contributed by atoms with Crippen LogP contribution in [0, 0.1) is 11.8 Å². The Balaban J connectivity index is 2.44. The monoisotopic (exact) mass is 322 g/mol. The van der Waals surface area contributed by atoms with Gasteiger partial charge in [0, 0.05) is 5.92 Å². The molecule has 1 nitrogen and oxygen atoms in total. The molecule has 1 heteroatoms. The molecule has 0 aliphatic carbocycles. The van der Waals surface area contributed by atoms with E-state index >= 15 is 0 Å². The number of hydrogen-bond acceptors (Lipinski definition) is 1. The predicted molar refractivity (Wildman–Crippen MR) is 102 cm³/mol. The molecule has 0 amide bonds. The Bertz CT molecular complexity index is 670. The fourth-order valence-corrected chi connectivity index (χ4v) is 3.44. The summed E-state index contributed by atoms with van der Waals surface area (Å²) in [7, 11) is 0. The van der Waals surface area contributed by atoms with E-state index in [4.69, 9.17) is 0 Å². The van der Waals surface area contributed by atoms with E-state index in [1.54, 1.807) is 0 Å². The van der Waals surface area contributed by atoms with Gasteiger partial charge in [0.25, 0.3) is 0 Å². The minimum Gasteiger partial charge on any atom is -0.298 e. The Kier molecular flexibility index (Phi) is 5.32. The number of carbonyl (C=O) groups excluding carboxylic acids is 1. The normalized spacial score (nSPS) is 15.8. The smallest absolute Gasteiger partial charge is 0.147 e. The van der Waals surface area contributed by atoms with Crippen LogP contribution in [0.15, 0.2) is 60.7 Å². The summed E-state index contributed by atoms with van der Waals surface area (Å²) < 4.78 is 0. The molecule has 0 radical (unpaired) electrons. The number of rotatable bonds is 6. The van der Waals surface area contributed by atoms with Crippen LogP contribution in [-0.4, -0.2) is 5.78 Å². The molecule has 24 heavy (non-hydrogen) atoms. The first kappa shape index (κ1) is 18.4. The fourth-order valence-electron chi connectivity index (χ4n) is 3.44. The highest BCUT2D eigenvalue weighted by molar-refractivity contribution is 5.92. The van der Waals surface area contributed by atoms with Gasteiger partial charge in [-0.3, -0.25) is 4.79 Å². The SMILES string of the molecule is CC(C(=O)C(C)(c1ccccc1)C(C)C)C(C)(C)c1ccccc1. The van der Waals surface area contributed by atoms with Gasteiger partial charge in [0.1, 0.15) is 5.78 Å². The average Bonchev–Trinajstić information content (AvgIpc) is 2.61. The Hall–Kier alpha value is -1.89. The number of hydrogen-bond donors (Lipinski definition) is 0. The van der Waals surface area contributed by atoms with E-state index in [9.17, 15) is 4.79 Å². The highest BCUT2D eigenvalue weighted by Crippen LogP contribution is 2.41. The molecule has 0 spiro atoms. The van der Waals surface area contributed by atoms with Crippen LogP contribution < -0.4 is 0 Å². The number of carbonyl (C=O) groups is 1. The Labute approximate surface area is 147 Å². The second-order valence-electron chi connectivity index (χ2n) is 7.90. The average molecular weight is 322 g/mol. The van der Waals surface area contributed by atoms with Crippen molar-refractivity contribution >= 4 is 5.78 Å². The van der Waals surface area contributed by atoms with Gasteiger partial charge in [-0.2, -0.15) is 0 Å². The van der Waals surface area contributed by atoms with Gasteiger partial charge in [0.15, 0.2) is 0 Å². The first-order chi connectivity index (χ1) is 11.2. The highest BCUT2D eigenvalue weighted by atomic mass is 16.1. The lowest BCUT2D eigenvalue weighted by molar-refractivity contribution is -0.131. The quantitative estimate of drug-likeness (QED) is 0.658. The molecule has 2 atom stereocenters. The molecule has 0 saturated carbocycles. The van der Waals surface area contributed by atoms with Gasteiger partial charge in [0.05, 0.1) is 5.41 Å². The maximum Gasteiger partial charge on any atom is 0.147 e. The van der Waals surface area contributed by atoms with E-state index in [2.05, 4.69) is 65.8 Å². The zero-order chi connectivity index (χ0) is 18.0. The number of ketones is 1. The lowest BCUT2D eigenvalue weighted by atomic mass is 9.61. The van der Waals surface area contributed by atoms with Crippen LogP contribution >= 0.6 is 0 Å². The molecule has 2 aromatic carbocycles. The van der Waals surface area contributed by atoms with E-state index in [0.717, 1.165) is 5.56 Å². The van der Waals surface area contributed by atoms with Crippen LogP contribution in [0.1, 0.15) is 52.7 Å². The van der Waals surface area contributed by atoms with Crippen LogP contribution in [0.3, 0.4) is 0 Å². The Morgan fingerprint density at radius 2 is 1.17 bits per heavy atom. The van der Waals surface area contributed by atoms with Crippen LogP contribution in [0.25, 0.3) is 0 Å². The van der Waals surface area contributed by atoms with Gasteiger partial charge in [-0.15, -0.1) is 0 Å². The molecule has 2 unspecified atom stereocenters. The first-order valence-electron chi connectivity index (χ1n) is 8.87. The van der Waals surface area contributed by atoms with Crippen LogP contribution in [0.2, 0.25) is 0 Å². The van der Waals surface area contributed by atoms with Gasteiger partial charge < -0.3 is 0 Å². The summed E-state index contributed by atoms with van der Waals surface area (Å²) in [5.41, 5.74) is 1.64. The van der Waals surface area contributed by atoms with Gasteiger partial charge in [-0.25, -0.2) is 0 Å². The van der Waals surface area contributed by atoms with E-state index in [0.29, 0.717) is 5.78 Å². The first-order valence-corrected chi connectivity index (χ1v) is 8.87. The van der Waals surface area contributed by atoms with E-state index in [1.807, 2.05) is 36.4 Å². The fraction of sp³-hybridized carbons (Fsp3) is 0.435. The molecule has 0 aliphatic heterocycles. The van der Waals surface area contributed by atoms with Gasteiger partial charge >= 0.3 is 0 Å². The van der Waals surface area contributed by atoms with Crippen molar-refractivity contribution in [2.24, 2.45) is 11.8 Å². The number of Topliss-reactive ketones (excluding diaryl/α,β-unsaturated/α-hetero) is 1. The topological polar surface area (TPSA) is 17.1 Å². The third kappa shape index (κ3) is 3.17. The second-order valence-corrected chi connectivity index (χ2v) is 7.90. The molecule has 0 aliphatic rings. The maximum absolute atomic E-state index is 13.6. The molecular weight excluding hydrogens is 292 g/mol. The van der Waals surface area contributed by atoms with Crippen LogP contribution in [-0.2, 0) is 15.6 Å². The zero-order valence-electron chi connectivity index (χ0n) is 15.8. The number of benzene rings is 2. The third-order valence-corrected chi connectivity index (χ3v) is 6.03. The predicted octanol–water partition coefficient (Wildman–Crippen LogP) is 5.78. The summed E-state index contributed by atoms with van der Waals surface area (Å²) in [6, 6.07) is 20.6. The van der Waals surface area contributed by atoms with Crippen molar-refractivity contribution in [1.29, 1.82) is 0 Å². The lowest BCUT2D eigenvalue weighted by Crippen LogP contribution is -2.46. The molecule has 2 rings (SSSR count). The summed E-state index contributed by atoms with van der Waals surface area (Å²) in [6.45, 7) is 12.8. The second kappa shape index (κ2) is 6.93. The molecule has 0 saturated heterocycles. The maximum atomic E-state index is 13.6. The molecule has 2 aromatic rings.